The van der Waals surface area contributed by atoms with Crippen LogP contribution in [0.2, 0.25) is 0 Å². The third-order valence-corrected chi connectivity index (χ3v) is 4.30. The van der Waals surface area contributed by atoms with E-state index in [2.05, 4.69) is 41.5 Å². The number of H-pyrrole nitrogens is 1. The van der Waals surface area contributed by atoms with Crippen LogP contribution in [0.15, 0.2) is 30.5 Å². The highest BCUT2D eigenvalue weighted by molar-refractivity contribution is 5.79. The van der Waals surface area contributed by atoms with Crippen LogP contribution in [0.25, 0.3) is 10.9 Å². The van der Waals surface area contributed by atoms with Crippen LogP contribution in [-0.2, 0) is 6.54 Å². The number of aromatic amines is 1. The Morgan fingerprint density at radius 2 is 2.00 bits per heavy atom. The van der Waals surface area contributed by atoms with Gasteiger partial charge in [-0.1, -0.05) is 31.4 Å². The van der Waals surface area contributed by atoms with Gasteiger partial charge in [-0.3, -0.25) is 0 Å². The number of benzene rings is 1. The van der Waals surface area contributed by atoms with Gasteiger partial charge in [0.2, 0.25) is 0 Å². The second-order valence-electron chi connectivity index (χ2n) is 5.87. The maximum atomic E-state index is 3.76. The van der Waals surface area contributed by atoms with Gasteiger partial charge in [-0.15, -0.1) is 0 Å². The van der Waals surface area contributed by atoms with E-state index in [0.29, 0.717) is 5.54 Å². The van der Waals surface area contributed by atoms with Crippen LogP contribution in [0.5, 0.6) is 0 Å². The summed E-state index contributed by atoms with van der Waals surface area (Å²) in [6.45, 7) is 3.35. The predicted octanol–water partition coefficient (Wildman–Crippen LogP) is 3.98. The molecule has 0 aliphatic heterocycles. The highest BCUT2D eigenvalue weighted by atomic mass is 15.0. The normalized spacial score (nSPS) is 19.2. The lowest BCUT2D eigenvalue weighted by Gasteiger charge is -2.34. The quantitative estimate of drug-likeness (QED) is 0.837. The van der Waals surface area contributed by atoms with Crippen molar-refractivity contribution in [2.24, 2.45) is 0 Å². The second kappa shape index (κ2) is 4.77. The van der Waals surface area contributed by atoms with E-state index in [4.69, 9.17) is 0 Å². The fourth-order valence-electron chi connectivity index (χ4n) is 3.03. The lowest BCUT2D eigenvalue weighted by Crippen LogP contribution is -2.43. The van der Waals surface area contributed by atoms with Gasteiger partial charge in [0.1, 0.15) is 0 Å². The lowest BCUT2D eigenvalue weighted by molar-refractivity contribution is 0.252. The van der Waals surface area contributed by atoms with Crippen LogP contribution in [0.3, 0.4) is 0 Å². The molecule has 18 heavy (non-hydrogen) atoms. The minimum Gasteiger partial charge on any atom is -0.361 e. The molecule has 1 aliphatic carbocycles. The monoisotopic (exact) mass is 242 g/mol. The van der Waals surface area contributed by atoms with Crippen LogP contribution in [0.1, 0.15) is 44.6 Å². The summed E-state index contributed by atoms with van der Waals surface area (Å²) >= 11 is 0. The molecule has 1 aromatic carbocycles. The number of fused-ring (bicyclic) bond motifs is 1. The van der Waals surface area contributed by atoms with Crippen molar-refractivity contribution >= 4 is 10.9 Å². The Labute approximate surface area is 109 Å². The Kier molecular flexibility index (Phi) is 3.13. The highest BCUT2D eigenvalue weighted by Crippen LogP contribution is 2.28. The molecule has 2 heteroatoms. The van der Waals surface area contributed by atoms with Crippen LogP contribution in [0, 0.1) is 0 Å². The van der Waals surface area contributed by atoms with Gasteiger partial charge in [-0.05, 0) is 42.8 Å². The van der Waals surface area contributed by atoms with E-state index in [0.717, 1.165) is 6.54 Å². The number of hydrogen-bond donors (Lipinski definition) is 2. The standard InChI is InChI=1S/C16H22N2/c1-16(8-3-2-4-9-16)18-12-13-5-6-14-7-10-17-15(14)11-13/h5-7,10-11,17-18H,2-4,8-9,12H2,1H3. The van der Waals surface area contributed by atoms with E-state index in [1.807, 2.05) is 6.20 Å². The smallest absolute Gasteiger partial charge is 0.0457 e. The Morgan fingerprint density at radius 1 is 1.17 bits per heavy atom. The van der Waals surface area contributed by atoms with Crippen LogP contribution in [0.4, 0.5) is 0 Å². The van der Waals surface area contributed by atoms with E-state index in [1.165, 1.54) is 48.6 Å². The number of rotatable bonds is 3. The zero-order valence-corrected chi connectivity index (χ0v) is 11.1. The lowest BCUT2D eigenvalue weighted by atomic mass is 9.83. The summed E-state index contributed by atoms with van der Waals surface area (Å²) in [4.78, 5) is 3.28. The molecular formula is C16H22N2. The molecule has 1 fully saturated rings. The summed E-state index contributed by atoms with van der Waals surface area (Å²) < 4.78 is 0. The summed E-state index contributed by atoms with van der Waals surface area (Å²) in [6, 6.07) is 8.81. The Hall–Kier alpha value is -1.28. The van der Waals surface area contributed by atoms with Crippen molar-refractivity contribution < 1.29 is 0 Å². The van der Waals surface area contributed by atoms with Crippen LogP contribution < -0.4 is 5.32 Å². The van der Waals surface area contributed by atoms with Crippen molar-refractivity contribution in [3.05, 3.63) is 36.0 Å². The van der Waals surface area contributed by atoms with Crippen molar-refractivity contribution in [2.45, 2.75) is 51.1 Å². The minimum atomic E-state index is 0.350. The molecular weight excluding hydrogens is 220 g/mol. The summed E-state index contributed by atoms with van der Waals surface area (Å²) in [7, 11) is 0. The fraction of sp³-hybridized carbons (Fsp3) is 0.500. The molecule has 0 saturated heterocycles. The van der Waals surface area contributed by atoms with E-state index in [9.17, 15) is 0 Å². The third kappa shape index (κ3) is 2.44. The van der Waals surface area contributed by atoms with Gasteiger partial charge in [0.05, 0.1) is 0 Å². The summed E-state index contributed by atoms with van der Waals surface area (Å²) in [5, 5.41) is 5.05. The van der Waals surface area contributed by atoms with Crippen LogP contribution >= 0.6 is 0 Å². The zero-order chi connectivity index (χ0) is 12.4. The summed E-state index contributed by atoms with van der Waals surface area (Å²) in [5.74, 6) is 0. The molecule has 96 valence electrons. The minimum absolute atomic E-state index is 0.350. The van der Waals surface area contributed by atoms with E-state index in [1.54, 1.807) is 0 Å². The first-order valence-electron chi connectivity index (χ1n) is 7.06. The van der Waals surface area contributed by atoms with Crippen molar-refractivity contribution in [1.82, 2.24) is 10.3 Å². The van der Waals surface area contributed by atoms with Gasteiger partial charge in [0.25, 0.3) is 0 Å². The molecule has 2 nitrogen and oxygen atoms in total. The molecule has 1 heterocycles. The molecule has 0 amide bonds. The summed E-state index contributed by atoms with van der Waals surface area (Å²) in [5.41, 5.74) is 2.96. The molecule has 0 bridgehead atoms. The molecule has 0 spiro atoms. The van der Waals surface area contributed by atoms with Crippen molar-refractivity contribution in [3.8, 4) is 0 Å². The van der Waals surface area contributed by atoms with Crippen molar-refractivity contribution in [3.63, 3.8) is 0 Å². The molecule has 1 aliphatic rings. The Bertz CT molecular complexity index is 521. The van der Waals surface area contributed by atoms with E-state index < -0.39 is 0 Å². The summed E-state index contributed by atoms with van der Waals surface area (Å²) in [6.07, 6.45) is 8.80. The Balaban J connectivity index is 1.68. The molecule has 1 saturated carbocycles. The van der Waals surface area contributed by atoms with Crippen LogP contribution in [-0.4, -0.2) is 10.5 Å². The molecule has 0 unspecified atom stereocenters. The number of aromatic nitrogens is 1. The van der Waals surface area contributed by atoms with Crippen molar-refractivity contribution in [1.29, 1.82) is 0 Å². The SMILES string of the molecule is CC1(NCc2ccc3cc[nH]c3c2)CCCCC1. The molecule has 0 radical (unpaired) electrons. The third-order valence-electron chi connectivity index (χ3n) is 4.30. The molecule has 0 atom stereocenters. The fourth-order valence-corrected chi connectivity index (χ4v) is 3.03. The first-order valence-corrected chi connectivity index (χ1v) is 7.06. The maximum Gasteiger partial charge on any atom is 0.0457 e. The Morgan fingerprint density at radius 3 is 2.83 bits per heavy atom. The average Bonchev–Trinajstić information content (AvgIpc) is 2.85. The predicted molar refractivity (Wildman–Crippen MR) is 76.6 cm³/mol. The first-order chi connectivity index (χ1) is 8.75. The molecule has 1 aromatic heterocycles. The molecule has 2 aromatic rings. The highest BCUT2D eigenvalue weighted by Gasteiger charge is 2.25. The second-order valence-corrected chi connectivity index (χ2v) is 5.87. The van der Waals surface area contributed by atoms with Gasteiger partial charge in [0, 0.05) is 23.8 Å². The van der Waals surface area contributed by atoms with E-state index >= 15 is 0 Å². The van der Waals surface area contributed by atoms with Crippen molar-refractivity contribution in [2.75, 3.05) is 0 Å². The number of hydrogen-bond acceptors (Lipinski definition) is 1. The van der Waals surface area contributed by atoms with Gasteiger partial charge < -0.3 is 10.3 Å². The zero-order valence-electron chi connectivity index (χ0n) is 11.1. The molecule has 3 rings (SSSR count). The van der Waals surface area contributed by atoms with Gasteiger partial charge in [-0.2, -0.15) is 0 Å². The van der Waals surface area contributed by atoms with Gasteiger partial charge in [0.15, 0.2) is 0 Å². The van der Waals surface area contributed by atoms with E-state index in [-0.39, 0.29) is 0 Å². The average molecular weight is 242 g/mol. The topological polar surface area (TPSA) is 27.8 Å². The van der Waals surface area contributed by atoms with Gasteiger partial charge in [-0.25, -0.2) is 0 Å². The van der Waals surface area contributed by atoms with Gasteiger partial charge >= 0.3 is 0 Å². The maximum absolute atomic E-state index is 3.76. The first kappa shape index (κ1) is 11.8. The number of nitrogens with one attached hydrogen (secondary N) is 2. The molecule has 2 N–H and O–H groups in total. The largest absolute Gasteiger partial charge is 0.361 e.